The van der Waals surface area contributed by atoms with Crippen LogP contribution in [0, 0.1) is 0 Å². The minimum atomic E-state index is -0.964. The second-order valence-electron chi connectivity index (χ2n) is 8.39. The monoisotopic (exact) mass is 424 g/mol. The number of rotatable bonds is 4. The second kappa shape index (κ2) is 7.43. The third kappa shape index (κ3) is 3.25. The van der Waals surface area contributed by atoms with E-state index in [1.165, 1.54) is 4.90 Å². The van der Waals surface area contributed by atoms with Gasteiger partial charge in [-0.1, -0.05) is 17.7 Å². The van der Waals surface area contributed by atoms with Gasteiger partial charge in [0.25, 0.3) is 0 Å². The average molecular weight is 425 g/mol. The van der Waals surface area contributed by atoms with Gasteiger partial charge in [0.2, 0.25) is 0 Å². The van der Waals surface area contributed by atoms with E-state index in [-0.39, 0.29) is 6.04 Å². The summed E-state index contributed by atoms with van der Waals surface area (Å²) in [6.07, 6.45) is 4.16. The van der Waals surface area contributed by atoms with Crippen LogP contribution in [0.25, 0.3) is 16.8 Å². The number of carboxylic acid groups (broad SMARTS) is 1. The number of amides is 1. The number of hydrogen-bond acceptors (Lipinski definition) is 3. The van der Waals surface area contributed by atoms with E-state index in [1.807, 2.05) is 62.7 Å². The average Bonchev–Trinajstić information content (AvgIpc) is 3.08. The molecule has 0 unspecified atom stereocenters. The van der Waals surface area contributed by atoms with Crippen molar-refractivity contribution in [2.45, 2.75) is 52.1 Å². The van der Waals surface area contributed by atoms with Gasteiger partial charge in [0.15, 0.2) is 0 Å². The predicted octanol–water partition coefficient (Wildman–Crippen LogP) is 5.31. The number of pyridine rings is 1. The van der Waals surface area contributed by atoms with Crippen LogP contribution in [0.4, 0.5) is 4.79 Å². The van der Waals surface area contributed by atoms with Gasteiger partial charge in [-0.2, -0.15) is 5.10 Å². The Bertz CT molecular complexity index is 1110. The summed E-state index contributed by atoms with van der Waals surface area (Å²) >= 11 is 6.25. The summed E-state index contributed by atoms with van der Waals surface area (Å²) in [4.78, 5) is 17.7. The molecule has 0 bridgehead atoms. The molecular formula is C23H25ClN4O2. The van der Waals surface area contributed by atoms with E-state index in [4.69, 9.17) is 16.7 Å². The molecule has 3 aromatic rings. The maximum Gasteiger partial charge on any atom is 0.408 e. The summed E-state index contributed by atoms with van der Waals surface area (Å²) in [6.45, 7) is 7.61. The van der Waals surface area contributed by atoms with Crippen LogP contribution in [0.5, 0.6) is 0 Å². The fourth-order valence-electron chi connectivity index (χ4n) is 4.58. The van der Waals surface area contributed by atoms with Crippen molar-refractivity contribution >= 4 is 17.7 Å². The lowest BCUT2D eigenvalue weighted by atomic mass is 9.83. The first kappa shape index (κ1) is 20.4. The highest BCUT2D eigenvalue weighted by atomic mass is 35.5. The Morgan fingerprint density at radius 2 is 1.90 bits per heavy atom. The summed E-state index contributed by atoms with van der Waals surface area (Å²) in [6, 6.07) is 9.53. The molecule has 4 rings (SSSR count). The normalized spacial score (nSPS) is 13.1. The van der Waals surface area contributed by atoms with Crippen molar-refractivity contribution < 1.29 is 9.90 Å². The standard InChI is InChI=1S/C23H25ClN4O2/c1-14(2)27(22(29)30)23(3,4)21-20-18-7-6-16(24)13-15(18)5-8-19(20)28(26-21)17-9-11-25-12-10-17/h6-7,9-14H,5,8H2,1-4H3,(H,29,30). The highest BCUT2D eigenvalue weighted by Crippen LogP contribution is 2.43. The minimum Gasteiger partial charge on any atom is -0.465 e. The van der Waals surface area contributed by atoms with Crippen LogP contribution in [-0.4, -0.2) is 36.9 Å². The lowest BCUT2D eigenvalue weighted by Crippen LogP contribution is -2.49. The summed E-state index contributed by atoms with van der Waals surface area (Å²) in [5.41, 5.74) is 5.12. The van der Waals surface area contributed by atoms with Gasteiger partial charge in [-0.15, -0.1) is 0 Å². The molecule has 2 aromatic heterocycles. The maximum atomic E-state index is 12.2. The van der Waals surface area contributed by atoms with E-state index in [2.05, 4.69) is 4.98 Å². The van der Waals surface area contributed by atoms with Gasteiger partial charge in [-0.3, -0.25) is 9.88 Å². The molecule has 1 amide bonds. The third-order valence-corrected chi connectivity index (χ3v) is 6.00. The molecule has 156 valence electrons. The van der Waals surface area contributed by atoms with Gasteiger partial charge in [0.05, 0.1) is 22.6 Å². The Morgan fingerprint density at radius 1 is 1.20 bits per heavy atom. The Kier molecular flexibility index (Phi) is 5.06. The van der Waals surface area contributed by atoms with Crippen LogP contribution in [0.15, 0.2) is 42.7 Å². The van der Waals surface area contributed by atoms with Gasteiger partial charge >= 0.3 is 6.09 Å². The summed E-state index contributed by atoms with van der Waals surface area (Å²) in [5.74, 6) is 0. The van der Waals surface area contributed by atoms with E-state index in [0.717, 1.165) is 46.6 Å². The van der Waals surface area contributed by atoms with Crippen LogP contribution >= 0.6 is 11.6 Å². The Morgan fingerprint density at radius 3 is 2.53 bits per heavy atom. The Labute approximate surface area is 181 Å². The fraction of sp³-hybridized carbons (Fsp3) is 0.348. The Hall–Kier alpha value is -2.86. The third-order valence-electron chi connectivity index (χ3n) is 5.76. The van der Waals surface area contributed by atoms with Crippen molar-refractivity contribution in [1.82, 2.24) is 19.7 Å². The summed E-state index contributed by atoms with van der Waals surface area (Å²) in [5, 5.41) is 15.7. The second-order valence-corrected chi connectivity index (χ2v) is 8.83. The van der Waals surface area contributed by atoms with E-state index in [9.17, 15) is 9.90 Å². The zero-order chi connectivity index (χ0) is 21.6. The molecule has 7 heteroatoms. The molecule has 0 fully saturated rings. The van der Waals surface area contributed by atoms with Crippen molar-refractivity contribution in [3.63, 3.8) is 0 Å². The van der Waals surface area contributed by atoms with Gasteiger partial charge in [-0.05, 0) is 75.9 Å². The number of halogens is 1. The number of carbonyl (C=O) groups is 1. The van der Waals surface area contributed by atoms with E-state index >= 15 is 0 Å². The van der Waals surface area contributed by atoms with Crippen molar-refractivity contribution in [1.29, 1.82) is 0 Å². The van der Waals surface area contributed by atoms with Crippen molar-refractivity contribution in [2.75, 3.05) is 0 Å². The molecule has 0 atom stereocenters. The number of nitrogens with zero attached hydrogens (tertiary/aromatic N) is 4. The fourth-order valence-corrected chi connectivity index (χ4v) is 4.77. The van der Waals surface area contributed by atoms with Crippen LogP contribution in [0.2, 0.25) is 5.02 Å². The molecule has 1 N–H and O–H groups in total. The zero-order valence-electron chi connectivity index (χ0n) is 17.6. The number of aryl methyl sites for hydroxylation is 1. The predicted molar refractivity (Wildman–Crippen MR) is 117 cm³/mol. The first-order chi connectivity index (χ1) is 14.2. The van der Waals surface area contributed by atoms with Crippen molar-refractivity contribution in [3.05, 3.63) is 64.7 Å². The lowest BCUT2D eigenvalue weighted by molar-refractivity contribution is 0.0687. The smallest absolute Gasteiger partial charge is 0.408 e. The molecule has 0 spiro atoms. The maximum absolute atomic E-state index is 12.2. The molecule has 0 aliphatic heterocycles. The molecule has 0 saturated carbocycles. The van der Waals surface area contributed by atoms with Gasteiger partial charge in [0, 0.05) is 29.0 Å². The summed E-state index contributed by atoms with van der Waals surface area (Å²) < 4.78 is 1.94. The molecule has 6 nitrogen and oxygen atoms in total. The molecule has 0 radical (unpaired) electrons. The first-order valence-electron chi connectivity index (χ1n) is 10.1. The molecule has 30 heavy (non-hydrogen) atoms. The van der Waals surface area contributed by atoms with Crippen molar-refractivity contribution in [2.24, 2.45) is 0 Å². The van der Waals surface area contributed by atoms with E-state index in [1.54, 1.807) is 12.4 Å². The number of benzene rings is 1. The highest BCUT2D eigenvalue weighted by Gasteiger charge is 2.41. The topological polar surface area (TPSA) is 71.2 Å². The van der Waals surface area contributed by atoms with Gasteiger partial charge < -0.3 is 5.11 Å². The zero-order valence-corrected chi connectivity index (χ0v) is 18.3. The van der Waals surface area contributed by atoms with Crippen LogP contribution in [0.1, 0.15) is 44.6 Å². The van der Waals surface area contributed by atoms with Crippen LogP contribution in [0.3, 0.4) is 0 Å². The minimum absolute atomic E-state index is 0.201. The molecule has 1 aliphatic rings. The van der Waals surface area contributed by atoms with Gasteiger partial charge in [-0.25, -0.2) is 9.48 Å². The molecular weight excluding hydrogens is 400 g/mol. The molecule has 2 heterocycles. The van der Waals surface area contributed by atoms with E-state index < -0.39 is 11.6 Å². The highest BCUT2D eigenvalue weighted by molar-refractivity contribution is 6.30. The lowest BCUT2D eigenvalue weighted by Gasteiger charge is -2.39. The molecule has 1 aromatic carbocycles. The molecule has 0 saturated heterocycles. The Balaban J connectivity index is 2.01. The first-order valence-corrected chi connectivity index (χ1v) is 10.4. The molecule has 1 aliphatic carbocycles. The largest absolute Gasteiger partial charge is 0.465 e. The quantitative estimate of drug-likeness (QED) is 0.616. The number of hydrogen-bond donors (Lipinski definition) is 1. The number of aromatic nitrogens is 3. The van der Waals surface area contributed by atoms with E-state index in [0.29, 0.717) is 5.02 Å². The summed E-state index contributed by atoms with van der Waals surface area (Å²) in [7, 11) is 0. The van der Waals surface area contributed by atoms with Crippen LogP contribution < -0.4 is 0 Å². The van der Waals surface area contributed by atoms with Crippen molar-refractivity contribution in [3.8, 4) is 16.8 Å². The van der Waals surface area contributed by atoms with Gasteiger partial charge in [0.1, 0.15) is 0 Å². The number of fused-ring (bicyclic) bond motifs is 3. The van der Waals surface area contributed by atoms with Crippen LogP contribution in [-0.2, 0) is 18.4 Å². The SMILES string of the molecule is CC(C)N(C(=O)O)C(C)(C)c1nn(-c2ccncc2)c2c1-c1ccc(Cl)cc1CC2.